The molecule has 0 aliphatic heterocycles. The number of hydrogen-bond donors (Lipinski definition) is 2. The van der Waals surface area contributed by atoms with Gasteiger partial charge in [-0.15, -0.1) is 6.58 Å². The van der Waals surface area contributed by atoms with Gasteiger partial charge >= 0.3 is 0 Å². The second-order valence-corrected chi connectivity index (χ2v) is 4.06. The van der Waals surface area contributed by atoms with Crippen LogP contribution in [0.4, 0.5) is 0 Å². The van der Waals surface area contributed by atoms with Gasteiger partial charge in [0.25, 0.3) is 0 Å². The maximum absolute atomic E-state index is 9.89. The lowest BCUT2D eigenvalue weighted by atomic mass is 9.94. The summed E-state index contributed by atoms with van der Waals surface area (Å²) < 4.78 is 0. The summed E-state index contributed by atoms with van der Waals surface area (Å²) in [5, 5.41) is 19.0. The van der Waals surface area contributed by atoms with Crippen molar-refractivity contribution < 1.29 is 10.2 Å². The maximum Gasteiger partial charge on any atom is 0.0596 e. The molecule has 0 unspecified atom stereocenters. The zero-order chi connectivity index (χ0) is 11.8. The highest BCUT2D eigenvalue weighted by atomic mass is 16.3. The van der Waals surface area contributed by atoms with Gasteiger partial charge in [0.15, 0.2) is 0 Å². The second kappa shape index (κ2) is 7.20. The average molecular weight is 220 g/mol. The van der Waals surface area contributed by atoms with E-state index in [1.807, 2.05) is 30.3 Å². The summed E-state index contributed by atoms with van der Waals surface area (Å²) in [6.45, 7) is 3.64. The molecule has 2 atom stereocenters. The van der Waals surface area contributed by atoms with Gasteiger partial charge in [-0.3, -0.25) is 0 Å². The molecule has 0 radical (unpaired) electrons. The Morgan fingerprint density at radius 2 is 1.94 bits per heavy atom. The molecule has 2 nitrogen and oxygen atoms in total. The van der Waals surface area contributed by atoms with E-state index in [1.54, 1.807) is 6.08 Å². The predicted molar refractivity (Wildman–Crippen MR) is 66.2 cm³/mol. The quantitative estimate of drug-likeness (QED) is 0.691. The van der Waals surface area contributed by atoms with E-state index in [0.717, 1.165) is 6.42 Å². The first kappa shape index (κ1) is 12.9. The van der Waals surface area contributed by atoms with Crippen molar-refractivity contribution in [3.8, 4) is 0 Å². The Hall–Kier alpha value is -1.12. The monoisotopic (exact) mass is 220 g/mol. The molecule has 16 heavy (non-hydrogen) atoms. The summed E-state index contributed by atoms with van der Waals surface area (Å²) in [4.78, 5) is 0. The van der Waals surface area contributed by atoms with Crippen molar-refractivity contribution in [3.63, 3.8) is 0 Å². The van der Waals surface area contributed by atoms with E-state index >= 15 is 0 Å². The van der Waals surface area contributed by atoms with Gasteiger partial charge in [-0.25, -0.2) is 0 Å². The molecule has 0 fully saturated rings. The van der Waals surface area contributed by atoms with Crippen LogP contribution in [-0.4, -0.2) is 22.9 Å². The van der Waals surface area contributed by atoms with Crippen molar-refractivity contribution in [2.75, 3.05) is 6.61 Å². The molecule has 0 aliphatic carbocycles. The molecule has 88 valence electrons. The summed E-state index contributed by atoms with van der Waals surface area (Å²) in [6.07, 6.45) is 3.47. The van der Waals surface area contributed by atoms with Crippen molar-refractivity contribution in [1.82, 2.24) is 0 Å². The highest BCUT2D eigenvalue weighted by Gasteiger charge is 2.16. The van der Waals surface area contributed by atoms with Gasteiger partial charge in [0.05, 0.1) is 6.10 Å². The number of benzene rings is 1. The Bertz CT molecular complexity index is 295. The number of hydrogen-bond acceptors (Lipinski definition) is 2. The molecule has 1 rings (SSSR count). The molecule has 0 spiro atoms. The zero-order valence-electron chi connectivity index (χ0n) is 9.55. The molecular weight excluding hydrogens is 200 g/mol. The Balaban J connectivity index is 2.39. The smallest absolute Gasteiger partial charge is 0.0596 e. The fraction of sp³-hybridized carbons (Fsp3) is 0.429. The maximum atomic E-state index is 9.89. The minimum Gasteiger partial charge on any atom is -0.396 e. The molecule has 0 bridgehead atoms. The van der Waals surface area contributed by atoms with E-state index in [4.69, 9.17) is 5.11 Å². The van der Waals surface area contributed by atoms with Crippen molar-refractivity contribution in [1.29, 1.82) is 0 Å². The minimum atomic E-state index is -0.455. The molecule has 2 N–H and O–H groups in total. The Morgan fingerprint density at radius 1 is 1.25 bits per heavy atom. The van der Waals surface area contributed by atoms with Crippen molar-refractivity contribution in [3.05, 3.63) is 48.6 Å². The lowest BCUT2D eigenvalue weighted by Crippen LogP contribution is -2.23. The third-order valence-corrected chi connectivity index (χ3v) is 2.82. The lowest BCUT2D eigenvalue weighted by Gasteiger charge is -2.19. The van der Waals surface area contributed by atoms with Crippen LogP contribution in [0.2, 0.25) is 0 Å². The molecule has 0 aliphatic rings. The molecule has 0 aromatic heterocycles. The lowest BCUT2D eigenvalue weighted by molar-refractivity contribution is 0.0627. The van der Waals surface area contributed by atoms with Crippen LogP contribution >= 0.6 is 0 Å². The van der Waals surface area contributed by atoms with Gasteiger partial charge in [-0.1, -0.05) is 36.4 Å². The van der Waals surface area contributed by atoms with E-state index in [0.29, 0.717) is 12.8 Å². The van der Waals surface area contributed by atoms with Gasteiger partial charge < -0.3 is 10.2 Å². The molecule has 0 saturated carbocycles. The molecule has 1 aromatic carbocycles. The molecular formula is C14H20O2. The summed E-state index contributed by atoms with van der Waals surface area (Å²) in [6, 6.07) is 10.1. The third kappa shape index (κ3) is 4.17. The Labute approximate surface area is 97.2 Å². The summed E-state index contributed by atoms with van der Waals surface area (Å²) in [7, 11) is 0. The molecule has 2 heteroatoms. The highest BCUT2D eigenvalue weighted by molar-refractivity contribution is 5.14. The van der Waals surface area contributed by atoms with Crippen molar-refractivity contribution in [2.24, 2.45) is 5.92 Å². The van der Waals surface area contributed by atoms with Gasteiger partial charge in [0.2, 0.25) is 0 Å². The molecule has 0 saturated heterocycles. The fourth-order valence-corrected chi connectivity index (χ4v) is 1.76. The fourth-order valence-electron chi connectivity index (χ4n) is 1.76. The largest absolute Gasteiger partial charge is 0.396 e. The van der Waals surface area contributed by atoms with E-state index in [-0.39, 0.29) is 12.5 Å². The van der Waals surface area contributed by atoms with Crippen molar-refractivity contribution >= 4 is 0 Å². The van der Waals surface area contributed by atoms with Gasteiger partial charge in [-0.05, 0) is 24.8 Å². The van der Waals surface area contributed by atoms with E-state index in [1.165, 1.54) is 5.56 Å². The molecule has 0 amide bonds. The van der Waals surface area contributed by atoms with Gasteiger partial charge in [0, 0.05) is 12.5 Å². The van der Waals surface area contributed by atoms with Crippen LogP contribution < -0.4 is 0 Å². The number of aryl methyl sites for hydroxylation is 1. The first-order valence-electron chi connectivity index (χ1n) is 5.71. The van der Waals surface area contributed by atoms with Crippen molar-refractivity contribution in [2.45, 2.75) is 25.4 Å². The van der Waals surface area contributed by atoms with Crippen LogP contribution in [0.1, 0.15) is 18.4 Å². The molecule has 0 heterocycles. The summed E-state index contributed by atoms with van der Waals surface area (Å²) in [5.41, 5.74) is 1.22. The summed E-state index contributed by atoms with van der Waals surface area (Å²) >= 11 is 0. The molecule has 1 aromatic rings. The first-order chi connectivity index (χ1) is 7.77. The highest BCUT2D eigenvalue weighted by Crippen LogP contribution is 2.14. The minimum absolute atomic E-state index is 0.0158. The zero-order valence-corrected chi connectivity index (χ0v) is 9.55. The van der Waals surface area contributed by atoms with Crippen LogP contribution in [0, 0.1) is 5.92 Å². The van der Waals surface area contributed by atoms with Crippen LogP contribution in [0.25, 0.3) is 0 Å². The second-order valence-electron chi connectivity index (χ2n) is 4.06. The number of aliphatic hydroxyl groups excluding tert-OH is 2. The average Bonchev–Trinajstić information content (AvgIpc) is 2.34. The standard InChI is InChI=1S/C14H20O2/c1-2-6-13(11-15)14(16)10-9-12-7-4-3-5-8-12/h2-5,7-8,13-16H,1,6,9-11H2/t13-,14+/m0/s1. The van der Waals surface area contributed by atoms with Crippen LogP contribution in [0.15, 0.2) is 43.0 Å². The number of rotatable bonds is 7. The van der Waals surface area contributed by atoms with Crippen LogP contribution in [0.3, 0.4) is 0 Å². The Kier molecular flexibility index (Phi) is 5.83. The van der Waals surface area contributed by atoms with Gasteiger partial charge in [-0.2, -0.15) is 0 Å². The van der Waals surface area contributed by atoms with Gasteiger partial charge in [0.1, 0.15) is 0 Å². The van der Waals surface area contributed by atoms with E-state index < -0.39 is 6.10 Å². The first-order valence-corrected chi connectivity index (χ1v) is 5.71. The predicted octanol–water partition coefficient (Wildman–Crippen LogP) is 2.16. The third-order valence-electron chi connectivity index (χ3n) is 2.82. The van der Waals surface area contributed by atoms with Crippen LogP contribution in [-0.2, 0) is 6.42 Å². The summed E-state index contributed by atoms with van der Waals surface area (Å²) in [5.74, 6) is -0.0822. The van der Waals surface area contributed by atoms with E-state index in [2.05, 4.69) is 6.58 Å². The number of aliphatic hydroxyl groups is 2. The topological polar surface area (TPSA) is 40.5 Å². The van der Waals surface area contributed by atoms with E-state index in [9.17, 15) is 5.11 Å². The van der Waals surface area contributed by atoms with Crippen LogP contribution in [0.5, 0.6) is 0 Å². The Morgan fingerprint density at radius 3 is 2.50 bits per heavy atom. The number of allylic oxidation sites excluding steroid dienone is 1. The SMILES string of the molecule is C=CC[C@@H](CO)[C@H](O)CCc1ccccc1. The normalized spacial score (nSPS) is 14.4.